The first-order valence-electron chi connectivity index (χ1n) is 12.3. The van der Waals surface area contributed by atoms with Crippen molar-refractivity contribution in [1.82, 2.24) is 4.90 Å². The lowest BCUT2D eigenvalue weighted by Crippen LogP contribution is -2.49. The van der Waals surface area contributed by atoms with E-state index in [-0.39, 0.29) is 23.7 Å². The average molecular weight is 574 g/mol. The third-order valence-corrected chi connectivity index (χ3v) is 8.01. The number of methoxy groups -OCH3 is 3. The largest absolute Gasteiger partial charge is 0.495 e. The van der Waals surface area contributed by atoms with Crippen LogP contribution in [0.5, 0.6) is 17.2 Å². The van der Waals surface area contributed by atoms with Crippen molar-refractivity contribution in [2.75, 3.05) is 63.0 Å². The fourth-order valence-corrected chi connectivity index (χ4v) is 5.61. The Morgan fingerprint density at radius 2 is 1.46 bits per heavy atom. The number of hydrogen-bond donors (Lipinski definition) is 0. The van der Waals surface area contributed by atoms with E-state index in [1.807, 2.05) is 24.3 Å². The molecule has 0 aromatic heterocycles. The number of halogens is 1. The van der Waals surface area contributed by atoms with Crippen LogP contribution in [0, 0.1) is 0 Å². The number of para-hydroxylation sites is 2. The molecule has 0 N–H and O–H groups in total. The molecule has 1 aliphatic heterocycles. The summed E-state index contributed by atoms with van der Waals surface area (Å²) in [6.07, 6.45) is 1.11. The van der Waals surface area contributed by atoms with Gasteiger partial charge in [-0.3, -0.25) is 9.10 Å². The number of amides is 1. The summed E-state index contributed by atoms with van der Waals surface area (Å²) in [7, 11) is 0.769. The van der Waals surface area contributed by atoms with Gasteiger partial charge in [-0.05, 0) is 35.9 Å². The Morgan fingerprint density at radius 3 is 2.05 bits per heavy atom. The van der Waals surface area contributed by atoms with Gasteiger partial charge in [0.2, 0.25) is 10.0 Å². The molecule has 0 radical (unpaired) electrons. The standard InChI is InChI=1S/C28H32ClN3O6S/c1-36-25-8-6-5-7-23(25)30-13-15-31(16-14-30)28(33)22-17-26(37-2)27(38-3)18-24(22)32(39(4,34)35)19-20-9-11-21(29)12-10-20/h5-12,17-18H,13-16,19H2,1-4H3. The molecule has 0 aliphatic carbocycles. The van der Waals surface area contributed by atoms with Gasteiger partial charge >= 0.3 is 0 Å². The van der Waals surface area contributed by atoms with Crippen LogP contribution < -0.4 is 23.4 Å². The number of carbonyl (C=O) groups is 1. The van der Waals surface area contributed by atoms with Crippen LogP contribution in [-0.2, 0) is 16.6 Å². The lowest BCUT2D eigenvalue weighted by Gasteiger charge is -2.37. The minimum absolute atomic E-state index is 0.00729. The number of benzene rings is 3. The molecule has 39 heavy (non-hydrogen) atoms. The van der Waals surface area contributed by atoms with Crippen molar-refractivity contribution in [2.24, 2.45) is 0 Å². The fraction of sp³-hybridized carbons (Fsp3) is 0.321. The van der Waals surface area contributed by atoms with E-state index in [2.05, 4.69) is 4.90 Å². The molecule has 3 aromatic carbocycles. The van der Waals surface area contributed by atoms with Crippen molar-refractivity contribution < 1.29 is 27.4 Å². The highest BCUT2D eigenvalue weighted by atomic mass is 35.5. The van der Waals surface area contributed by atoms with Gasteiger partial charge in [0.05, 0.1) is 51.1 Å². The number of nitrogens with zero attached hydrogens (tertiary/aromatic N) is 3. The van der Waals surface area contributed by atoms with Crippen molar-refractivity contribution in [1.29, 1.82) is 0 Å². The first-order valence-corrected chi connectivity index (χ1v) is 14.5. The molecule has 0 unspecified atom stereocenters. The van der Waals surface area contributed by atoms with Crippen molar-refractivity contribution in [2.45, 2.75) is 6.54 Å². The zero-order valence-corrected chi connectivity index (χ0v) is 24.0. The normalized spacial score (nSPS) is 13.7. The predicted octanol–water partition coefficient (Wildman–Crippen LogP) is 4.29. The summed E-state index contributed by atoms with van der Waals surface area (Å²) in [6.45, 7) is 2.08. The second kappa shape index (κ2) is 12.0. The molecule has 4 rings (SSSR count). The van der Waals surface area contributed by atoms with E-state index in [0.29, 0.717) is 48.3 Å². The highest BCUT2D eigenvalue weighted by Gasteiger charge is 2.30. The summed E-state index contributed by atoms with van der Waals surface area (Å²) in [6, 6.07) is 17.7. The Hall–Kier alpha value is -3.63. The van der Waals surface area contributed by atoms with E-state index in [1.54, 1.807) is 42.3 Å². The van der Waals surface area contributed by atoms with E-state index in [4.69, 9.17) is 25.8 Å². The Morgan fingerprint density at radius 1 is 0.872 bits per heavy atom. The molecule has 0 bridgehead atoms. The molecule has 0 saturated carbocycles. The molecule has 1 aliphatic rings. The Kier molecular flexibility index (Phi) is 8.76. The van der Waals surface area contributed by atoms with Crippen LogP contribution in [0.25, 0.3) is 0 Å². The molecule has 0 atom stereocenters. The van der Waals surface area contributed by atoms with Gasteiger partial charge in [-0.25, -0.2) is 8.42 Å². The lowest BCUT2D eigenvalue weighted by atomic mass is 10.1. The summed E-state index contributed by atoms with van der Waals surface area (Å²) in [4.78, 5) is 17.8. The Bertz CT molecular complexity index is 1420. The molecular formula is C28H32ClN3O6S. The highest BCUT2D eigenvalue weighted by Crippen LogP contribution is 2.38. The maximum atomic E-state index is 13.9. The zero-order chi connectivity index (χ0) is 28.2. The molecule has 1 amide bonds. The number of ether oxygens (including phenoxy) is 3. The Labute approximate surface area is 234 Å². The first kappa shape index (κ1) is 28.4. The van der Waals surface area contributed by atoms with Crippen LogP contribution in [0.1, 0.15) is 15.9 Å². The second-order valence-corrected chi connectivity index (χ2v) is 11.4. The van der Waals surface area contributed by atoms with Gasteiger partial charge in [0.1, 0.15) is 5.75 Å². The molecule has 9 nitrogen and oxygen atoms in total. The summed E-state index contributed by atoms with van der Waals surface area (Å²) in [5, 5.41) is 0.541. The molecule has 208 valence electrons. The minimum atomic E-state index is -3.80. The van der Waals surface area contributed by atoms with Crippen LogP contribution in [0.15, 0.2) is 60.7 Å². The summed E-state index contributed by atoms with van der Waals surface area (Å²) in [5.74, 6) is 1.12. The van der Waals surface area contributed by atoms with Gasteiger partial charge in [0.25, 0.3) is 5.91 Å². The van der Waals surface area contributed by atoms with Crippen LogP contribution in [-0.4, -0.2) is 73.0 Å². The first-order chi connectivity index (χ1) is 18.7. The minimum Gasteiger partial charge on any atom is -0.495 e. The maximum Gasteiger partial charge on any atom is 0.256 e. The van der Waals surface area contributed by atoms with Gasteiger partial charge in [-0.1, -0.05) is 35.9 Å². The SMILES string of the molecule is COc1cc(C(=O)N2CCN(c3ccccc3OC)CC2)c(N(Cc2ccc(Cl)cc2)S(C)(=O)=O)cc1OC. The van der Waals surface area contributed by atoms with E-state index in [0.717, 1.165) is 17.7 Å². The van der Waals surface area contributed by atoms with Gasteiger partial charge in [-0.2, -0.15) is 0 Å². The van der Waals surface area contributed by atoms with Crippen molar-refractivity contribution in [3.63, 3.8) is 0 Å². The predicted molar refractivity (Wildman–Crippen MR) is 153 cm³/mol. The molecule has 11 heteroatoms. The number of sulfonamides is 1. The highest BCUT2D eigenvalue weighted by molar-refractivity contribution is 7.92. The smallest absolute Gasteiger partial charge is 0.256 e. The summed E-state index contributed by atoms with van der Waals surface area (Å²) >= 11 is 6.02. The van der Waals surface area contributed by atoms with Crippen LogP contribution in [0.2, 0.25) is 5.02 Å². The van der Waals surface area contributed by atoms with E-state index < -0.39 is 10.0 Å². The van der Waals surface area contributed by atoms with E-state index in [9.17, 15) is 13.2 Å². The fourth-order valence-electron chi connectivity index (χ4n) is 4.59. The number of piperazine rings is 1. The van der Waals surface area contributed by atoms with Crippen LogP contribution >= 0.6 is 11.6 Å². The quantitative estimate of drug-likeness (QED) is 0.377. The van der Waals surface area contributed by atoms with Crippen molar-refractivity contribution in [3.05, 3.63) is 76.8 Å². The topological polar surface area (TPSA) is 88.6 Å². The van der Waals surface area contributed by atoms with Crippen LogP contribution in [0.3, 0.4) is 0 Å². The molecule has 3 aromatic rings. The third-order valence-electron chi connectivity index (χ3n) is 6.63. The zero-order valence-electron chi connectivity index (χ0n) is 22.4. The van der Waals surface area contributed by atoms with Gasteiger partial charge in [-0.15, -0.1) is 0 Å². The van der Waals surface area contributed by atoms with Crippen molar-refractivity contribution in [3.8, 4) is 17.2 Å². The maximum absolute atomic E-state index is 13.9. The number of carbonyl (C=O) groups excluding carboxylic acids is 1. The number of hydrogen-bond acceptors (Lipinski definition) is 7. The van der Waals surface area contributed by atoms with E-state index >= 15 is 0 Å². The van der Waals surface area contributed by atoms with Crippen LogP contribution in [0.4, 0.5) is 11.4 Å². The van der Waals surface area contributed by atoms with Gasteiger partial charge in [0, 0.05) is 37.3 Å². The summed E-state index contributed by atoms with van der Waals surface area (Å²) in [5.41, 5.74) is 2.09. The molecule has 1 saturated heterocycles. The molecule has 1 fully saturated rings. The van der Waals surface area contributed by atoms with Crippen molar-refractivity contribution >= 4 is 38.9 Å². The number of rotatable bonds is 9. The van der Waals surface area contributed by atoms with Gasteiger partial charge < -0.3 is 24.0 Å². The molecule has 0 spiro atoms. The monoisotopic (exact) mass is 573 g/mol. The lowest BCUT2D eigenvalue weighted by molar-refractivity contribution is 0.0747. The second-order valence-electron chi connectivity index (χ2n) is 9.07. The Balaban J connectivity index is 1.68. The molecular weight excluding hydrogens is 542 g/mol. The molecule has 1 heterocycles. The van der Waals surface area contributed by atoms with Gasteiger partial charge in [0.15, 0.2) is 11.5 Å². The third kappa shape index (κ3) is 6.34. The summed E-state index contributed by atoms with van der Waals surface area (Å²) < 4.78 is 43.7. The van der Waals surface area contributed by atoms with E-state index in [1.165, 1.54) is 24.6 Å². The number of anilines is 2. The average Bonchev–Trinajstić information content (AvgIpc) is 2.95.